The van der Waals surface area contributed by atoms with Crippen molar-refractivity contribution in [3.8, 4) is 0 Å². The zero-order valence-electron chi connectivity index (χ0n) is 29.4. The molecule has 1 aromatic heterocycles. The largest absolute Gasteiger partial charge is 2.00 e. The molecule has 0 N–H and O–H groups in total. The summed E-state index contributed by atoms with van der Waals surface area (Å²) >= 11 is 0. The molecule has 5 heterocycles. The molecular weight excluding hydrogens is 656 g/mol. The second kappa shape index (κ2) is 17.1. The third kappa shape index (κ3) is 6.91. The van der Waals surface area contributed by atoms with Gasteiger partial charge in [-0.3, -0.25) is 9.98 Å². The second-order valence-corrected chi connectivity index (χ2v) is 10.3. The molecule has 0 amide bonds. The summed E-state index contributed by atoms with van der Waals surface area (Å²) in [5, 5.41) is 6.87. The van der Waals surface area contributed by atoms with Crippen LogP contribution in [-0.2, 0) is 17.1 Å². The van der Waals surface area contributed by atoms with Gasteiger partial charge in [-0.05, 0) is 16.3 Å². The van der Waals surface area contributed by atoms with Gasteiger partial charge < -0.3 is 25.3 Å². The van der Waals surface area contributed by atoms with Crippen LogP contribution in [0.5, 0.6) is 0 Å². The summed E-state index contributed by atoms with van der Waals surface area (Å²) in [6.45, 7) is 16.0. The van der Waals surface area contributed by atoms with Gasteiger partial charge in [0, 0.05) is 39.5 Å². The summed E-state index contributed by atoms with van der Waals surface area (Å²) in [5.41, 5.74) is 4.98. The minimum absolute atomic E-state index is 0. The zero-order chi connectivity index (χ0) is 34.2. The molecule has 4 aliphatic heterocycles. The van der Waals surface area contributed by atoms with E-state index in [2.05, 4.69) is 30.4 Å². The fourth-order valence-corrected chi connectivity index (χ4v) is 6.07. The van der Waals surface area contributed by atoms with E-state index in [4.69, 9.17) is 40.3 Å². The maximum absolute atomic E-state index is 5.11. The summed E-state index contributed by atoms with van der Waals surface area (Å²) in [6, 6.07) is 24.2. The summed E-state index contributed by atoms with van der Waals surface area (Å²) in [4.78, 5) is 35.0. The molecular formula is C40H44CuN8. The van der Waals surface area contributed by atoms with E-state index >= 15 is 0 Å². The maximum Gasteiger partial charge on any atom is 2.00 e. The van der Waals surface area contributed by atoms with E-state index in [0.29, 0.717) is 28.5 Å². The molecule has 4 aromatic rings. The van der Waals surface area contributed by atoms with Crippen LogP contribution in [0.15, 0.2) is 127 Å². The van der Waals surface area contributed by atoms with Crippen LogP contribution < -0.4 is 16.0 Å². The summed E-state index contributed by atoms with van der Waals surface area (Å²) in [7, 11) is 0. The van der Waals surface area contributed by atoms with E-state index in [1.807, 2.05) is 122 Å². The topological polar surface area (TPSA) is 102 Å². The van der Waals surface area contributed by atoms with E-state index in [1.165, 1.54) is 0 Å². The Hall–Kier alpha value is -4.72. The summed E-state index contributed by atoms with van der Waals surface area (Å²) in [6.07, 6.45) is 7.66. The maximum atomic E-state index is 5.11. The van der Waals surface area contributed by atoms with Crippen molar-refractivity contribution in [2.75, 3.05) is 0 Å². The van der Waals surface area contributed by atoms with Gasteiger partial charge in [0.25, 0.3) is 0 Å². The van der Waals surface area contributed by atoms with Crippen molar-refractivity contribution in [2.45, 2.75) is 67.7 Å². The molecule has 1 aliphatic carbocycles. The smallest absolute Gasteiger partial charge is 0.445 e. The second-order valence-electron chi connectivity index (χ2n) is 10.3. The first-order valence-corrected chi connectivity index (χ1v) is 17.4. The number of fused-ring (bicyclic) bond motifs is 18. The third-order valence-electron chi connectivity index (χ3n) is 7.98. The Labute approximate surface area is 300 Å². The number of rotatable bonds is 0. The number of amidine groups is 4. The van der Waals surface area contributed by atoms with Crippen LogP contribution in [-0.4, -0.2) is 29.5 Å². The number of benzene rings is 3. The molecule has 1 fully saturated rings. The average Bonchev–Trinajstić information content (AvgIpc) is 3.91. The summed E-state index contributed by atoms with van der Waals surface area (Å²) < 4.78 is 0. The molecule has 0 spiro atoms. The Morgan fingerprint density at radius 3 is 1.73 bits per heavy atom. The fraction of sp³-hybridized carbons (Fsp3) is 0.300. The fourth-order valence-electron chi connectivity index (χ4n) is 6.07. The number of aromatic nitrogens is 1. The molecule has 1 radical (unpaired) electrons. The quantitative estimate of drug-likeness (QED) is 0.169. The minimum Gasteiger partial charge on any atom is -0.445 e. The van der Waals surface area contributed by atoms with Crippen LogP contribution in [0.3, 0.4) is 0 Å². The van der Waals surface area contributed by atoms with Gasteiger partial charge in [0.05, 0.1) is 24.0 Å². The standard InChI is InChI=1S/C32H20N8.4C2H6.Cu/c1-2-10-18-17(9-1)25-33-26(18)38-28-21-13-5-6-14-22(21)30(35-28)40-32-24-16-8-7-15-23(24)31(36-32)39-29-20-12-4-3-11-19(20)27(34-29)37-25;4*1-2;/h1-18,25,28H;4*1-2H3;/q-2;;;;;+2. The molecule has 4 atom stereocenters. The van der Waals surface area contributed by atoms with Crippen LogP contribution in [0.25, 0.3) is 16.1 Å². The molecule has 255 valence electrons. The molecule has 4 unspecified atom stereocenters. The third-order valence-corrected chi connectivity index (χ3v) is 7.98. The molecule has 1 saturated heterocycles. The van der Waals surface area contributed by atoms with Gasteiger partial charge in [-0.15, -0.1) is 0 Å². The number of hydrogen-bond acceptors (Lipinski definition) is 6. The van der Waals surface area contributed by atoms with Gasteiger partial charge in [0.1, 0.15) is 0 Å². The van der Waals surface area contributed by atoms with E-state index < -0.39 is 6.17 Å². The van der Waals surface area contributed by atoms with Crippen LogP contribution in [0.4, 0.5) is 0 Å². The number of hydrogen-bond donors (Lipinski definition) is 0. The number of aliphatic imine (C=N–C) groups is 4. The Morgan fingerprint density at radius 2 is 1.06 bits per heavy atom. The summed E-state index contributed by atoms with van der Waals surface area (Å²) in [5.74, 6) is 2.65. The normalized spacial score (nSPS) is 20.9. The van der Waals surface area contributed by atoms with Crippen molar-refractivity contribution in [1.82, 2.24) is 4.98 Å². The van der Waals surface area contributed by atoms with Crippen molar-refractivity contribution >= 4 is 34.1 Å². The molecule has 5 aliphatic rings. The van der Waals surface area contributed by atoms with Gasteiger partial charge in [-0.25, -0.2) is 4.99 Å². The predicted octanol–water partition coefficient (Wildman–Crippen LogP) is 8.29. The van der Waals surface area contributed by atoms with E-state index in [1.54, 1.807) is 0 Å². The van der Waals surface area contributed by atoms with E-state index in [9.17, 15) is 0 Å². The van der Waals surface area contributed by atoms with Crippen molar-refractivity contribution < 1.29 is 17.1 Å². The van der Waals surface area contributed by atoms with Crippen molar-refractivity contribution in [1.29, 1.82) is 0 Å². The van der Waals surface area contributed by atoms with Crippen molar-refractivity contribution in [2.24, 2.45) is 41.8 Å². The monoisotopic (exact) mass is 699 g/mol. The number of nitrogens with zero attached hydrogens (tertiary/aromatic N) is 8. The molecule has 49 heavy (non-hydrogen) atoms. The molecule has 8 bridgehead atoms. The Morgan fingerprint density at radius 1 is 0.531 bits per heavy atom. The van der Waals surface area contributed by atoms with Gasteiger partial charge in [0.15, 0.2) is 5.84 Å². The van der Waals surface area contributed by atoms with Crippen LogP contribution in [0.2, 0.25) is 0 Å². The Kier molecular flexibility index (Phi) is 12.9. The Bertz CT molecular complexity index is 2080. The zero-order valence-corrected chi connectivity index (χ0v) is 30.4. The van der Waals surface area contributed by atoms with Gasteiger partial charge in [-0.2, -0.15) is 0 Å². The van der Waals surface area contributed by atoms with Gasteiger partial charge in [-0.1, -0.05) is 158 Å². The van der Waals surface area contributed by atoms with Gasteiger partial charge in [0.2, 0.25) is 0 Å². The molecule has 0 saturated carbocycles. The molecule has 9 heteroatoms. The number of allylic oxidation sites excluding steroid dienone is 2. The first-order chi connectivity index (χ1) is 23.8. The predicted molar refractivity (Wildman–Crippen MR) is 200 cm³/mol. The minimum atomic E-state index is -0.435. The van der Waals surface area contributed by atoms with Crippen LogP contribution in [0, 0.1) is 11.8 Å². The Balaban J connectivity index is 0.000000564. The molecule has 3 aromatic carbocycles. The molecule has 8 nitrogen and oxygen atoms in total. The van der Waals surface area contributed by atoms with Crippen LogP contribution >= 0.6 is 0 Å². The first-order valence-electron chi connectivity index (χ1n) is 17.4. The first kappa shape index (κ1) is 37.1. The van der Waals surface area contributed by atoms with Crippen molar-refractivity contribution in [3.63, 3.8) is 0 Å². The molecule has 9 rings (SSSR count). The van der Waals surface area contributed by atoms with Crippen LogP contribution in [0.1, 0.15) is 83.8 Å². The SMILES string of the molecule is C1=CC2C3=NC4N=C(N=c5[n-]c(c6ccccc56)=NC5=NC(=NC([N-]3)C2C=C1)c1ccccc15)c1ccccc14.CC.CC.CC.CC.[Cu+2]. The van der Waals surface area contributed by atoms with E-state index in [-0.39, 0.29) is 35.1 Å². The van der Waals surface area contributed by atoms with Crippen molar-refractivity contribution in [3.05, 3.63) is 136 Å². The van der Waals surface area contributed by atoms with Gasteiger partial charge >= 0.3 is 17.1 Å². The average molecular weight is 700 g/mol. The van der Waals surface area contributed by atoms with E-state index in [0.717, 1.165) is 38.9 Å².